The van der Waals surface area contributed by atoms with Crippen molar-refractivity contribution in [2.24, 2.45) is 0 Å². The van der Waals surface area contributed by atoms with Crippen molar-refractivity contribution < 1.29 is 27.6 Å². The molecule has 0 bridgehead atoms. The zero-order valence-corrected chi connectivity index (χ0v) is 21.6. The second-order valence-electron chi connectivity index (χ2n) is 10.6. The van der Waals surface area contributed by atoms with Crippen LogP contribution in [0.25, 0.3) is 11.0 Å². The van der Waals surface area contributed by atoms with Crippen molar-refractivity contribution in [1.82, 2.24) is 29.9 Å². The van der Waals surface area contributed by atoms with Crippen LogP contribution in [-0.4, -0.2) is 98.2 Å². The second kappa shape index (κ2) is 9.79. The van der Waals surface area contributed by atoms with Gasteiger partial charge in [-0.25, -0.2) is 4.98 Å². The molecule has 40 heavy (non-hydrogen) atoms. The number of fused-ring (bicyclic) bond motifs is 1. The van der Waals surface area contributed by atoms with Crippen LogP contribution in [0.4, 0.5) is 18.9 Å². The maximum atomic E-state index is 13.9. The summed E-state index contributed by atoms with van der Waals surface area (Å²) in [7, 11) is 0. The molecule has 13 heteroatoms. The maximum Gasteiger partial charge on any atom is 0.408 e. The van der Waals surface area contributed by atoms with Crippen LogP contribution in [0.5, 0.6) is 0 Å². The molecule has 3 aliphatic heterocycles. The number of carbonyl (C=O) groups is 3. The van der Waals surface area contributed by atoms with E-state index in [9.17, 15) is 27.6 Å². The van der Waals surface area contributed by atoms with E-state index in [1.807, 2.05) is 35.2 Å². The zero-order chi connectivity index (χ0) is 28.1. The first-order chi connectivity index (χ1) is 19.2. The van der Waals surface area contributed by atoms with Crippen molar-refractivity contribution in [2.45, 2.75) is 43.4 Å². The number of carbonyl (C=O) groups excluding carboxylic acids is 3. The summed E-state index contributed by atoms with van der Waals surface area (Å²) in [6.07, 6.45) is -0.651. The minimum absolute atomic E-state index is 0.0229. The Hall–Kier alpha value is -4.16. The molecular weight excluding hydrogens is 527 g/mol. The number of benzene rings is 1. The second-order valence-corrected chi connectivity index (χ2v) is 10.6. The number of alkyl halides is 3. The predicted octanol–water partition coefficient (Wildman–Crippen LogP) is 2.79. The van der Waals surface area contributed by atoms with Crippen molar-refractivity contribution >= 4 is 34.4 Å². The summed E-state index contributed by atoms with van der Waals surface area (Å²) in [6, 6.07) is 9.17. The molecule has 5 heterocycles. The molecule has 6 rings (SSSR count). The van der Waals surface area contributed by atoms with Crippen molar-refractivity contribution in [3.63, 3.8) is 0 Å². The van der Waals surface area contributed by atoms with Crippen LogP contribution in [0.15, 0.2) is 48.8 Å². The SMILES string of the molecule is O=C(c1cnc2[nH]ncc2c1)N1CCC2(CC1)C(=O)N(CC(=O)N1CCC[C@H]1C(F)(F)F)CN2c1ccccc1. The van der Waals surface area contributed by atoms with Crippen molar-refractivity contribution in [3.8, 4) is 0 Å². The number of hydrogen-bond acceptors (Lipinski definition) is 6. The highest BCUT2D eigenvalue weighted by atomic mass is 19.4. The summed E-state index contributed by atoms with van der Waals surface area (Å²) in [5.74, 6) is -1.21. The number of halogens is 3. The van der Waals surface area contributed by atoms with Crippen molar-refractivity contribution in [1.29, 1.82) is 0 Å². The highest BCUT2D eigenvalue weighted by molar-refractivity contribution is 5.98. The van der Waals surface area contributed by atoms with Gasteiger partial charge in [-0.1, -0.05) is 18.2 Å². The Kier molecular flexibility index (Phi) is 6.38. The molecule has 0 saturated carbocycles. The number of rotatable bonds is 4. The first kappa shape index (κ1) is 26.1. The lowest BCUT2D eigenvalue weighted by Gasteiger charge is -2.43. The molecule has 210 valence electrons. The Morgan fingerprint density at radius 1 is 1.07 bits per heavy atom. The molecule has 3 saturated heterocycles. The molecule has 3 fully saturated rings. The molecule has 2 aromatic heterocycles. The number of piperidine rings is 1. The molecule has 1 spiro atoms. The van der Waals surface area contributed by atoms with E-state index < -0.39 is 30.2 Å². The van der Waals surface area contributed by atoms with Crippen molar-refractivity contribution in [3.05, 3.63) is 54.4 Å². The smallest absolute Gasteiger partial charge is 0.339 e. The summed E-state index contributed by atoms with van der Waals surface area (Å²) in [6.45, 7) is 0.265. The number of anilines is 1. The van der Waals surface area contributed by atoms with E-state index in [0.717, 1.165) is 10.6 Å². The topological polar surface area (TPSA) is 106 Å². The number of para-hydroxylation sites is 1. The Bertz CT molecular complexity index is 1440. The number of aromatic nitrogens is 3. The van der Waals surface area contributed by atoms with Gasteiger partial charge in [-0.3, -0.25) is 19.5 Å². The summed E-state index contributed by atoms with van der Waals surface area (Å²) in [5, 5.41) is 7.40. The van der Waals surface area contributed by atoms with Gasteiger partial charge in [0.25, 0.3) is 11.8 Å². The summed E-state index contributed by atoms with van der Waals surface area (Å²) in [5.41, 5.74) is 0.753. The van der Waals surface area contributed by atoms with E-state index in [-0.39, 0.29) is 37.9 Å². The van der Waals surface area contributed by atoms with Gasteiger partial charge in [-0.15, -0.1) is 0 Å². The number of nitrogens with one attached hydrogen (secondary N) is 1. The molecule has 1 aromatic carbocycles. The van der Waals surface area contributed by atoms with E-state index in [2.05, 4.69) is 15.2 Å². The van der Waals surface area contributed by atoms with Gasteiger partial charge in [-0.05, 0) is 43.9 Å². The number of nitrogens with zero attached hydrogens (tertiary/aromatic N) is 6. The lowest BCUT2D eigenvalue weighted by molar-refractivity contribution is -0.183. The molecule has 0 unspecified atom stereocenters. The molecule has 0 aliphatic carbocycles. The molecular formula is C27H28F3N7O3. The Morgan fingerprint density at radius 2 is 1.82 bits per heavy atom. The lowest BCUT2D eigenvalue weighted by Crippen LogP contribution is -2.57. The molecule has 3 aromatic rings. The third kappa shape index (κ3) is 4.42. The van der Waals surface area contributed by atoms with E-state index in [1.54, 1.807) is 17.2 Å². The molecule has 1 N–H and O–H groups in total. The first-order valence-corrected chi connectivity index (χ1v) is 13.2. The highest BCUT2D eigenvalue weighted by Gasteiger charge is 2.55. The molecule has 3 amide bonds. The lowest BCUT2D eigenvalue weighted by atomic mass is 9.85. The number of hydrogen-bond donors (Lipinski definition) is 1. The van der Waals surface area contributed by atoms with Crippen LogP contribution in [0.1, 0.15) is 36.0 Å². The van der Waals surface area contributed by atoms with Crippen LogP contribution in [0.2, 0.25) is 0 Å². The van der Waals surface area contributed by atoms with Gasteiger partial charge in [0.05, 0.1) is 18.4 Å². The Labute approximate surface area is 227 Å². The summed E-state index contributed by atoms with van der Waals surface area (Å²) < 4.78 is 40.5. The van der Waals surface area contributed by atoms with Crippen LogP contribution >= 0.6 is 0 Å². The number of amides is 3. The van der Waals surface area contributed by atoms with Crippen LogP contribution < -0.4 is 4.90 Å². The van der Waals surface area contributed by atoms with Crippen molar-refractivity contribution in [2.75, 3.05) is 37.7 Å². The average molecular weight is 556 g/mol. The summed E-state index contributed by atoms with van der Waals surface area (Å²) in [4.78, 5) is 50.3. The first-order valence-electron chi connectivity index (χ1n) is 13.2. The molecule has 0 radical (unpaired) electrons. The number of likely N-dealkylation sites (tertiary alicyclic amines) is 2. The molecule has 3 aliphatic rings. The quantitative estimate of drug-likeness (QED) is 0.531. The van der Waals surface area contributed by atoms with E-state index in [1.165, 1.54) is 11.1 Å². The number of H-pyrrole nitrogens is 1. The molecule has 10 nitrogen and oxygen atoms in total. The van der Waals surface area contributed by atoms with Crippen LogP contribution in [0, 0.1) is 0 Å². The maximum absolute atomic E-state index is 13.9. The van der Waals surface area contributed by atoms with Gasteiger partial charge in [0, 0.05) is 36.9 Å². The number of pyridine rings is 1. The van der Waals surface area contributed by atoms with Gasteiger partial charge in [0.1, 0.15) is 18.1 Å². The third-order valence-corrected chi connectivity index (χ3v) is 8.28. The minimum Gasteiger partial charge on any atom is -0.339 e. The molecule has 1 atom stereocenters. The van der Waals surface area contributed by atoms with E-state index in [4.69, 9.17) is 0 Å². The number of aromatic amines is 1. The van der Waals surface area contributed by atoms with Crippen LogP contribution in [-0.2, 0) is 9.59 Å². The summed E-state index contributed by atoms with van der Waals surface area (Å²) >= 11 is 0. The van der Waals surface area contributed by atoms with Gasteiger partial charge >= 0.3 is 6.18 Å². The fourth-order valence-electron chi connectivity index (χ4n) is 6.20. The fourth-order valence-corrected chi connectivity index (χ4v) is 6.20. The van der Waals surface area contributed by atoms with Gasteiger partial charge in [0.15, 0.2) is 5.65 Å². The van der Waals surface area contributed by atoms with Gasteiger partial charge < -0.3 is 19.6 Å². The van der Waals surface area contributed by atoms with Crippen LogP contribution in [0.3, 0.4) is 0 Å². The van der Waals surface area contributed by atoms with E-state index >= 15 is 0 Å². The third-order valence-electron chi connectivity index (χ3n) is 8.28. The predicted molar refractivity (Wildman–Crippen MR) is 138 cm³/mol. The highest BCUT2D eigenvalue weighted by Crippen LogP contribution is 2.40. The standard InChI is InChI=1S/C27H28F3N7O3/c28-27(29,30)21-7-4-10-36(21)22(38)16-35-17-37(20-5-2-1-3-6-20)26(25(35)40)8-11-34(12-9-26)24(39)19-13-18-15-32-33-23(18)31-14-19/h1-3,5-6,13-15,21H,4,7-12,16-17H2,(H,31,32,33)/t21-/m0/s1. The van der Waals surface area contributed by atoms with Gasteiger partial charge in [0.2, 0.25) is 5.91 Å². The Balaban J connectivity index is 1.21. The zero-order valence-electron chi connectivity index (χ0n) is 21.6. The van der Waals surface area contributed by atoms with E-state index in [0.29, 0.717) is 42.5 Å². The Morgan fingerprint density at radius 3 is 2.55 bits per heavy atom. The van der Waals surface area contributed by atoms with Gasteiger partial charge in [-0.2, -0.15) is 18.3 Å². The average Bonchev–Trinajstić information content (AvgIpc) is 3.69. The largest absolute Gasteiger partial charge is 0.408 e. The minimum atomic E-state index is -4.50. The monoisotopic (exact) mass is 555 g/mol. The fraction of sp³-hybridized carbons (Fsp3) is 0.444. The normalized spacial score (nSPS) is 21.2.